The molecule has 0 aliphatic carbocycles. The van der Waals surface area contributed by atoms with Gasteiger partial charge in [-0.05, 0) is 60.7 Å². The molecule has 0 aliphatic rings. The Kier molecular flexibility index (Phi) is 12.7. The largest absolute Gasteiger partial charge is 0.480 e. The number of carbonyl (C=O) groups is 2. The second-order valence-corrected chi connectivity index (χ2v) is 15.4. The van der Waals surface area contributed by atoms with Gasteiger partial charge in [-0.3, -0.25) is 19.7 Å². The zero-order chi connectivity index (χ0) is 33.2. The van der Waals surface area contributed by atoms with E-state index in [2.05, 4.69) is 10.0 Å². The second-order valence-electron chi connectivity index (χ2n) is 10.7. The highest BCUT2D eigenvalue weighted by atomic mass is 32.2. The Morgan fingerprint density at radius 1 is 0.978 bits per heavy atom. The predicted octanol–water partition coefficient (Wildman–Crippen LogP) is 3.63. The number of hydrogen-bond acceptors (Lipinski definition) is 9. The number of aliphatic carboxylic acids is 1. The fraction of sp³-hybridized carbons (Fsp3) is 0.379. The van der Waals surface area contributed by atoms with Crippen LogP contribution < -0.4 is 10.0 Å². The Morgan fingerprint density at radius 2 is 1.64 bits per heavy atom. The van der Waals surface area contributed by atoms with Crippen LogP contribution in [-0.4, -0.2) is 68.2 Å². The minimum Gasteiger partial charge on any atom is -0.480 e. The molecule has 16 heteroatoms. The Balaban J connectivity index is 1.67. The molecular weight excluding hydrogens is 645 g/mol. The molecule has 0 fully saturated rings. The lowest BCUT2D eigenvalue weighted by atomic mass is 10.1. The number of carboxylic acids is 1. The molecule has 0 aliphatic heterocycles. The predicted molar refractivity (Wildman–Crippen MR) is 169 cm³/mol. The van der Waals surface area contributed by atoms with Gasteiger partial charge in [-0.2, -0.15) is 9.03 Å². The summed E-state index contributed by atoms with van der Waals surface area (Å²) in [4.78, 5) is 35.5. The number of nitro benzene ring substituents is 1. The van der Waals surface area contributed by atoms with Crippen LogP contribution in [0, 0.1) is 16.0 Å². The SMILES string of the molecule is CC(C)CN([C@@H](CCCCNC(=O)[C@H](Cc1ccccc1)NS(=O)(=O)c1cccs1)C(=O)O)S(=O)(=O)c1ccc([N+](=O)[O-])cc1. The highest BCUT2D eigenvalue weighted by molar-refractivity contribution is 7.91. The number of non-ortho nitro benzene ring substituents is 1. The number of hydrogen-bond donors (Lipinski definition) is 3. The molecule has 2 aromatic carbocycles. The van der Waals surface area contributed by atoms with Crippen LogP contribution in [0.5, 0.6) is 0 Å². The van der Waals surface area contributed by atoms with Gasteiger partial charge in [-0.25, -0.2) is 16.8 Å². The lowest BCUT2D eigenvalue weighted by Crippen LogP contribution is -2.48. The lowest BCUT2D eigenvalue weighted by Gasteiger charge is -2.29. The minimum atomic E-state index is -4.32. The van der Waals surface area contributed by atoms with Crippen molar-refractivity contribution in [3.05, 3.63) is 87.8 Å². The molecule has 0 saturated heterocycles. The summed E-state index contributed by atoms with van der Waals surface area (Å²) in [5, 5.41) is 25.3. The molecule has 1 heterocycles. The van der Waals surface area contributed by atoms with Crippen molar-refractivity contribution < 1.29 is 36.5 Å². The number of nitrogens with zero attached hydrogens (tertiary/aromatic N) is 2. The summed E-state index contributed by atoms with van der Waals surface area (Å²) in [6.45, 7) is 3.48. The molecule has 3 aromatic rings. The molecule has 1 amide bonds. The standard InChI is InChI=1S/C29H36N4O9S3/c1-21(2)20-32(45(41,42)24-15-13-23(14-16-24)33(37)38)26(29(35)36)11-6-7-17-30-28(34)25(19-22-9-4-3-5-10-22)31-44(39,40)27-12-8-18-43-27/h3-5,8-10,12-16,18,21,25-26,31H,6-7,11,17,19-20H2,1-2H3,(H,30,34)(H,35,36)/t25-,26-/m0/s1. The Labute approximate surface area is 266 Å². The Bertz CT molecular complexity index is 1650. The van der Waals surface area contributed by atoms with E-state index in [0.29, 0.717) is 6.42 Å². The third-order valence-electron chi connectivity index (χ3n) is 6.69. The lowest BCUT2D eigenvalue weighted by molar-refractivity contribution is -0.384. The van der Waals surface area contributed by atoms with E-state index in [9.17, 15) is 41.6 Å². The number of benzene rings is 2. The Morgan fingerprint density at radius 3 is 2.20 bits per heavy atom. The van der Waals surface area contributed by atoms with Gasteiger partial charge < -0.3 is 10.4 Å². The fourth-order valence-electron chi connectivity index (χ4n) is 4.52. The van der Waals surface area contributed by atoms with Crippen LogP contribution in [0.15, 0.2) is 81.2 Å². The van der Waals surface area contributed by atoms with Crippen LogP contribution >= 0.6 is 11.3 Å². The van der Waals surface area contributed by atoms with Crippen molar-refractivity contribution >= 4 is 48.9 Å². The van der Waals surface area contributed by atoms with Gasteiger partial charge in [-0.15, -0.1) is 11.3 Å². The van der Waals surface area contributed by atoms with E-state index in [-0.39, 0.29) is 53.1 Å². The number of carboxylic acid groups (broad SMARTS) is 1. The molecule has 3 rings (SSSR count). The molecule has 0 spiro atoms. The van der Waals surface area contributed by atoms with Gasteiger partial charge >= 0.3 is 5.97 Å². The van der Waals surface area contributed by atoms with Crippen LogP contribution in [-0.2, 0) is 36.1 Å². The zero-order valence-electron chi connectivity index (χ0n) is 24.7. The molecule has 1 aromatic heterocycles. The minimum absolute atomic E-state index is 0.0669. The van der Waals surface area contributed by atoms with E-state index in [1.807, 2.05) is 0 Å². The van der Waals surface area contributed by atoms with Gasteiger partial charge in [-0.1, -0.05) is 50.2 Å². The maximum Gasteiger partial charge on any atom is 0.322 e. The molecule has 244 valence electrons. The highest BCUT2D eigenvalue weighted by Crippen LogP contribution is 2.25. The van der Waals surface area contributed by atoms with Gasteiger partial charge in [0, 0.05) is 25.2 Å². The topological polar surface area (TPSA) is 193 Å². The number of rotatable bonds is 18. The first-order valence-corrected chi connectivity index (χ1v) is 17.9. The first-order chi connectivity index (χ1) is 21.2. The van der Waals surface area contributed by atoms with Crippen LogP contribution in [0.25, 0.3) is 0 Å². The van der Waals surface area contributed by atoms with Gasteiger partial charge in [0.25, 0.3) is 15.7 Å². The molecule has 0 saturated carbocycles. The number of nitrogens with one attached hydrogen (secondary N) is 2. The first kappa shape index (κ1) is 35.8. The quantitative estimate of drug-likeness (QED) is 0.102. The van der Waals surface area contributed by atoms with Gasteiger partial charge in [0.15, 0.2) is 0 Å². The van der Waals surface area contributed by atoms with Crippen molar-refractivity contribution in [1.29, 1.82) is 0 Å². The number of nitro groups is 1. The van der Waals surface area contributed by atoms with Crippen LogP contribution in [0.2, 0.25) is 0 Å². The van der Waals surface area contributed by atoms with Crippen LogP contribution in [0.1, 0.15) is 38.7 Å². The van der Waals surface area contributed by atoms with Crippen molar-refractivity contribution in [1.82, 2.24) is 14.3 Å². The van der Waals surface area contributed by atoms with E-state index < -0.39 is 48.9 Å². The number of unbranched alkanes of at least 4 members (excludes halogenated alkanes) is 1. The van der Waals surface area contributed by atoms with Crippen molar-refractivity contribution in [3.63, 3.8) is 0 Å². The molecule has 2 atom stereocenters. The fourth-order valence-corrected chi connectivity index (χ4v) is 8.50. The second kappa shape index (κ2) is 16.0. The zero-order valence-corrected chi connectivity index (χ0v) is 27.2. The number of sulfonamides is 2. The van der Waals surface area contributed by atoms with Gasteiger partial charge in [0.1, 0.15) is 16.3 Å². The van der Waals surface area contributed by atoms with E-state index in [0.717, 1.165) is 45.5 Å². The van der Waals surface area contributed by atoms with Crippen molar-refractivity contribution in [2.24, 2.45) is 5.92 Å². The third kappa shape index (κ3) is 10.2. The van der Waals surface area contributed by atoms with E-state index in [1.54, 1.807) is 55.6 Å². The average molecular weight is 681 g/mol. The van der Waals surface area contributed by atoms with Crippen molar-refractivity contribution in [3.8, 4) is 0 Å². The third-order valence-corrected chi connectivity index (χ3v) is 11.5. The molecule has 13 nitrogen and oxygen atoms in total. The van der Waals surface area contributed by atoms with E-state index in [4.69, 9.17) is 0 Å². The maximum absolute atomic E-state index is 13.5. The molecule has 0 radical (unpaired) electrons. The summed E-state index contributed by atoms with van der Waals surface area (Å²) < 4.78 is 56.1. The van der Waals surface area contributed by atoms with E-state index in [1.165, 1.54) is 6.07 Å². The summed E-state index contributed by atoms with van der Waals surface area (Å²) in [5.74, 6) is -2.13. The Hall–Kier alpha value is -3.70. The monoisotopic (exact) mass is 680 g/mol. The normalized spacial score (nSPS) is 13.4. The summed E-state index contributed by atoms with van der Waals surface area (Å²) in [6.07, 6.45) is 0.551. The molecule has 3 N–H and O–H groups in total. The van der Waals surface area contributed by atoms with Gasteiger partial charge in [0.05, 0.1) is 9.82 Å². The van der Waals surface area contributed by atoms with Gasteiger partial charge in [0.2, 0.25) is 15.9 Å². The van der Waals surface area contributed by atoms with Crippen LogP contribution in [0.4, 0.5) is 5.69 Å². The summed E-state index contributed by atoms with van der Waals surface area (Å²) in [7, 11) is -8.27. The summed E-state index contributed by atoms with van der Waals surface area (Å²) in [5.41, 5.74) is 0.446. The van der Waals surface area contributed by atoms with E-state index >= 15 is 0 Å². The highest BCUT2D eigenvalue weighted by Gasteiger charge is 2.36. The van der Waals surface area contributed by atoms with Crippen molar-refractivity contribution in [2.45, 2.75) is 60.7 Å². The smallest absolute Gasteiger partial charge is 0.322 e. The molecular formula is C29H36N4O9S3. The molecule has 0 unspecified atom stereocenters. The number of amides is 1. The summed E-state index contributed by atoms with van der Waals surface area (Å²) >= 11 is 1.02. The average Bonchev–Trinajstić information content (AvgIpc) is 3.54. The van der Waals surface area contributed by atoms with Crippen LogP contribution in [0.3, 0.4) is 0 Å². The first-order valence-electron chi connectivity index (χ1n) is 14.1. The molecule has 45 heavy (non-hydrogen) atoms. The van der Waals surface area contributed by atoms with Crippen molar-refractivity contribution in [2.75, 3.05) is 13.1 Å². The maximum atomic E-state index is 13.5. The summed E-state index contributed by atoms with van der Waals surface area (Å²) in [6, 6.07) is 13.7. The molecule has 0 bridgehead atoms. The number of thiophene rings is 1. The number of carbonyl (C=O) groups excluding carboxylic acids is 1.